The zero-order valence-corrected chi connectivity index (χ0v) is 15.8. The molecule has 0 aliphatic carbocycles. The van der Waals surface area contributed by atoms with Crippen LogP contribution in [0.4, 0.5) is 10.1 Å². The molecule has 0 fully saturated rings. The fourth-order valence-corrected chi connectivity index (χ4v) is 3.80. The van der Waals surface area contributed by atoms with Gasteiger partial charge in [0.1, 0.15) is 22.2 Å². The number of thiazole rings is 1. The van der Waals surface area contributed by atoms with E-state index in [-0.39, 0.29) is 16.4 Å². The Balaban J connectivity index is 1.66. The van der Waals surface area contributed by atoms with Crippen LogP contribution in [0.15, 0.2) is 48.1 Å². The number of carbonyl (C=O) groups excluding carboxylic acids is 1. The number of anilines is 1. The highest BCUT2D eigenvalue weighted by Gasteiger charge is 2.17. The Morgan fingerprint density at radius 2 is 2.22 bits per heavy atom. The summed E-state index contributed by atoms with van der Waals surface area (Å²) in [5.74, 6) is -0.920. The fraction of sp³-hybridized carbons (Fsp3) is 0.105. The number of amides is 1. The summed E-state index contributed by atoms with van der Waals surface area (Å²) < 4.78 is 15.4. The van der Waals surface area contributed by atoms with Gasteiger partial charge >= 0.3 is 0 Å². The number of nitrogens with one attached hydrogen (secondary N) is 1. The minimum atomic E-state index is -0.478. The number of halogens is 2. The van der Waals surface area contributed by atoms with Gasteiger partial charge in [0, 0.05) is 35.3 Å². The molecular formula is C19H14ClFN4OS. The molecule has 4 rings (SSSR count). The molecule has 3 heterocycles. The smallest absolute Gasteiger partial charge is 0.275 e. The summed E-state index contributed by atoms with van der Waals surface area (Å²) in [5.41, 5.74) is 2.26. The Hall–Kier alpha value is -2.77. The molecule has 1 amide bonds. The van der Waals surface area contributed by atoms with E-state index in [0.29, 0.717) is 0 Å². The van der Waals surface area contributed by atoms with E-state index in [1.807, 2.05) is 29.8 Å². The van der Waals surface area contributed by atoms with Crippen molar-refractivity contribution in [1.29, 1.82) is 0 Å². The maximum atomic E-state index is 13.4. The van der Waals surface area contributed by atoms with Gasteiger partial charge in [-0.05, 0) is 37.3 Å². The van der Waals surface area contributed by atoms with Crippen molar-refractivity contribution in [1.82, 2.24) is 14.5 Å². The zero-order chi connectivity index (χ0) is 19.0. The molecule has 0 atom stereocenters. The van der Waals surface area contributed by atoms with Crippen molar-refractivity contribution in [2.24, 2.45) is 0 Å². The van der Waals surface area contributed by atoms with Crippen molar-refractivity contribution in [2.75, 3.05) is 5.32 Å². The van der Waals surface area contributed by atoms with Crippen molar-refractivity contribution in [3.05, 3.63) is 64.6 Å². The lowest BCUT2D eigenvalue weighted by Gasteiger charge is -2.05. The highest BCUT2D eigenvalue weighted by molar-refractivity contribution is 7.13. The number of fused-ring (bicyclic) bond motifs is 1. The quantitative estimate of drug-likeness (QED) is 0.510. The van der Waals surface area contributed by atoms with E-state index in [1.54, 1.807) is 11.6 Å². The third-order valence-electron chi connectivity index (χ3n) is 4.12. The largest absolute Gasteiger partial charge is 0.332 e. The Bertz CT molecular complexity index is 1150. The summed E-state index contributed by atoms with van der Waals surface area (Å²) in [7, 11) is 0. The molecule has 136 valence electrons. The van der Waals surface area contributed by atoms with Gasteiger partial charge in [0.05, 0.1) is 10.7 Å². The molecule has 0 bridgehead atoms. The maximum Gasteiger partial charge on any atom is 0.275 e. The van der Waals surface area contributed by atoms with E-state index in [2.05, 4.69) is 15.3 Å². The molecule has 0 radical (unpaired) electrons. The van der Waals surface area contributed by atoms with Crippen LogP contribution in [0.5, 0.6) is 0 Å². The van der Waals surface area contributed by atoms with Crippen molar-refractivity contribution in [3.63, 3.8) is 0 Å². The van der Waals surface area contributed by atoms with Crippen LogP contribution < -0.4 is 5.32 Å². The first kappa shape index (κ1) is 17.6. The average molecular weight is 401 g/mol. The Morgan fingerprint density at radius 1 is 1.37 bits per heavy atom. The van der Waals surface area contributed by atoms with E-state index in [4.69, 9.17) is 11.6 Å². The van der Waals surface area contributed by atoms with E-state index in [0.717, 1.165) is 28.1 Å². The molecule has 0 aliphatic heterocycles. The molecule has 3 aromatic heterocycles. The minimum Gasteiger partial charge on any atom is -0.332 e. The third kappa shape index (κ3) is 3.31. The fourth-order valence-electron chi connectivity index (χ4n) is 2.82. The van der Waals surface area contributed by atoms with E-state index >= 15 is 0 Å². The van der Waals surface area contributed by atoms with Gasteiger partial charge in [-0.25, -0.2) is 14.4 Å². The second-order valence-corrected chi connectivity index (χ2v) is 7.08. The van der Waals surface area contributed by atoms with Crippen LogP contribution in [0.1, 0.15) is 17.4 Å². The monoisotopic (exact) mass is 400 g/mol. The SMILES string of the molecule is CCn1cc(-c2nc(C(=O)Nc3cc(F)ccc3Cl)cs2)c2cccnc21. The molecule has 0 unspecified atom stereocenters. The molecule has 1 N–H and O–H groups in total. The lowest BCUT2D eigenvalue weighted by Crippen LogP contribution is -2.12. The second kappa shape index (κ2) is 7.09. The van der Waals surface area contributed by atoms with Gasteiger partial charge in [0.2, 0.25) is 0 Å². The predicted molar refractivity (Wildman–Crippen MR) is 106 cm³/mol. The van der Waals surface area contributed by atoms with E-state index < -0.39 is 11.7 Å². The molecule has 5 nitrogen and oxygen atoms in total. The molecule has 4 aromatic rings. The molecule has 0 saturated heterocycles. The number of hydrogen-bond acceptors (Lipinski definition) is 4. The standard InChI is InChI=1S/C19H14ClFN4OS/c1-2-25-9-13(12-4-3-7-22-17(12)25)19-24-16(10-27-19)18(26)23-15-8-11(21)5-6-14(15)20/h3-10H,2H2,1H3,(H,23,26). The van der Waals surface area contributed by atoms with Gasteiger partial charge in [-0.3, -0.25) is 4.79 Å². The summed E-state index contributed by atoms with van der Waals surface area (Å²) in [6, 6.07) is 7.66. The van der Waals surface area contributed by atoms with Gasteiger partial charge < -0.3 is 9.88 Å². The first-order valence-electron chi connectivity index (χ1n) is 8.23. The summed E-state index contributed by atoms with van der Waals surface area (Å²) in [6.45, 7) is 2.83. The Kier molecular flexibility index (Phi) is 4.63. The number of aromatic nitrogens is 3. The topological polar surface area (TPSA) is 59.8 Å². The predicted octanol–water partition coefficient (Wildman–Crippen LogP) is 5.22. The Labute approximate surface area is 163 Å². The minimum absolute atomic E-state index is 0.211. The number of pyridine rings is 1. The number of hydrogen-bond donors (Lipinski definition) is 1. The molecular weight excluding hydrogens is 387 g/mol. The van der Waals surface area contributed by atoms with Crippen LogP contribution in [0.3, 0.4) is 0 Å². The third-order valence-corrected chi connectivity index (χ3v) is 5.32. The molecule has 0 aliphatic rings. The lowest BCUT2D eigenvalue weighted by molar-refractivity contribution is 0.102. The number of benzene rings is 1. The normalized spacial score (nSPS) is 11.1. The van der Waals surface area contributed by atoms with Crippen LogP contribution in [-0.4, -0.2) is 20.4 Å². The van der Waals surface area contributed by atoms with Crippen LogP contribution in [0.2, 0.25) is 5.02 Å². The maximum absolute atomic E-state index is 13.4. The molecule has 8 heteroatoms. The molecule has 1 aromatic carbocycles. The van der Waals surface area contributed by atoms with Gasteiger partial charge in [0.15, 0.2) is 0 Å². The highest BCUT2D eigenvalue weighted by Crippen LogP contribution is 2.32. The number of carbonyl (C=O) groups is 1. The summed E-state index contributed by atoms with van der Waals surface area (Å²) in [4.78, 5) is 21.4. The van der Waals surface area contributed by atoms with Crippen molar-refractivity contribution in [2.45, 2.75) is 13.5 Å². The van der Waals surface area contributed by atoms with Gasteiger partial charge in [-0.15, -0.1) is 11.3 Å². The van der Waals surface area contributed by atoms with Crippen LogP contribution >= 0.6 is 22.9 Å². The Morgan fingerprint density at radius 3 is 3.04 bits per heavy atom. The van der Waals surface area contributed by atoms with E-state index in [1.165, 1.54) is 29.5 Å². The summed E-state index contributed by atoms with van der Waals surface area (Å²) >= 11 is 7.37. The highest BCUT2D eigenvalue weighted by atomic mass is 35.5. The van der Waals surface area contributed by atoms with Crippen LogP contribution in [-0.2, 0) is 6.54 Å². The summed E-state index contributed by atoms with van der Waals surface area (Å²) in [5, 5.41) is 6.23. The van der Waals surface area contributed by atoms with Crippen LogP contribution in [0, 0.1) is 5.82 Å². The molecule has 0 saturated carbocycles. The second-order valence-electron chi connectivity index (χ2n) is 5.82. The average Bonchev–Trinajstić information content (AvgIpc) is 3.29. The van der Waals surface area contributed by atoms with Gasteiger partial charge in [0.25, 0.3) is 5.91 Å². The molecule has 27 heavy (non-hydrogen) atoms. The first-order chi connectivity index (χ1) is 13.1. The van der Waals surface area contributed by atoms with Gasteiger partial charge in [-0.2, -0.15) is 0 Å². The first-order valence-corrected chi connectivity index (χ1v) is 9.48. The number of nitrogens with zero attached hydrogens (tertiary/aromatic N) is 3. The number of aryl methyl sites for hydroxylation is 1. The van der Waals surface area contributed by atoms with Crippen LogP contribution in [0.25, 0.3) is 21.6 Å². The molecule has 0 spiro atoms. The van der Waals surface area contributed by atoms with E-state index in [9.17, 15) is 9.18 Å². The van der Waals surface area contributed by atoms with Crippen molar-refractivity contribution < 1.29 is 9.18 Å². The summed E-state index contributed by atoms with van der Waals surface area (Å²) in [6.07, 6.45) is 3.74. The van der Waals surface area contributed by atoms with Crippen molar-refractivity contribution >= 4 is 45.6 Å². The van der Waals surface area contributed by atoms with Gasteiger partial charge in [-0.1, -0.05) is 11.6 Å². The zero-order valence-electron chi connectivity index (χ0n) is 14.2. The number of rotatable bonds is 4. The van der Waals surface area contributed by atoms with Crippen molar-refractivity contribution in [3.8, 4) is 10.6 Å². The lowest BCUT2D eigenvalue weighted by atomic mass is 10.2.